The van der Waals surface area contributed by atoms with E-state index in [-0.39, 0.29) is 6.04 Å². The van der Waals surface area contributed by atoms with Crippen LogP contribution in [0.15, 0.2) is 64.3 Å². The molecule has 2 heterocycles. The Kier molecular flexibility index (Phi) is 6.13. The molecule has 0 aliphatic heterocycles. The van der Waals surface area contributed by atoms with Crippen molar-refractivity contribution in [3.8, 4) is 17.1 Å². The molecular weight excluding hydrogens is 398 g/mol. The van der Waals surface area contributed by atoms with Crippen molar-refractivity contribution in [2.75, 3.05) is 7.11 Å². The van der Waals surface area contributed by atoms with E-state index in [1.165, 1.54) is 11.8 Å². The van der Waals surface area contributed by atoms with Gasteiger partial charge in [0.1, 0.15) is 5.75 Å². The van der Waals surface area contributed by atoms with Crippen molar-refractivity contribution in [1.29, 1.82) is 0 Å². The first-order valence-electron chi connectivity index (χ1n) is 9.71. The van der Waals surface area contributed by atoms with Gasteiger partial charge in [0.05, 0.1) is 12.9 Å². The van der Waals surface area contributed by atoms with Crippen LogP contribution in [-0.2, 0) is 12.2 Å². The van der Waals surface area contributed by atoms with Crippen molar-refractivity contribution in [2.24, 2.45) is 0 Å². The predicted octanol–water partition coefficient (Wildman–Crippen LogP) is 4.80. The van der Waals surface area contributed by atoms with Gasteiger partial charge in [-0.15, -0.1) is 10.2 Å². The monoisotopic (exact) mass is 421 g/mol. The summed E-state index contributed by atoms with van der Waals surface area (Å²) in [5.41, 5.74) is 2.15. The third kappa shape index (κ3) is 4.54. The molecule has 0 fully saturated rings. The summed E-state index contributed by atoms with van der Waals surface area (Å²) in [7, 11) is 1.66. The lowest BCUT2D eigenvalue weighted by Crippen LogP contribution is -2.05. The molecule has 0 unspecified atom stereocenters. The van der Waals surface area contributed by atoms with Gasteiger partial charge in [0.15, 0.2) is 16.8 Å². The van der Waals surface area contributed by atoms with Crippen LogP contribution in [0.5, 0.6) is 5.75 Å². The molecule has 0 radical (unpaired) electrons. The van der Waals surface area contributed by atoms with Crippen LogP contribution in [0.25, 0.3) is 11.4 Å². The van der Waals surface area contributed by atoms with E-state index >= 15 is 0 Å². The fourth-order valence-corrected chi connectivity index (χ4v) is 4.01. The smallest absolute Gasteiger partial charge is 0.237 e. The van der Waals surface area contributed by atoms with Gasteiger partial charge in [-0.2, -0.15) is 4.98 Å². The van der Waals surface area contributed by atoms with E-state index in [1.807, 2.05) is 42.5 Å². The maximum absolute atomic E-state index is 5.42. The number of methoxy groups -OCH3 is 1. The lowest BCUT2D eigenvalue weighted by atomic mass is 10.1. The molecule has 0 aliphatic rings. The molecule has 0 saturated heterocycles. The van der Waals surface area contributed by atoms with Crippen LogP contribution in [0.3, 0.4) is 0 Å². The van der Waals surface area contributed by atoms with E-state index in [9.17, 15) is 0 Å². The number of nitrogens with zero attached hydrogens (tertiary/aromatic N) is 5. The minimum absolute atomic E-state index is 0.205. The molecule has 2 aromatic heterocycles. The van der Waals surface area contributed by atoms with E-state index in [0.29, 0.717) is 23.9 Å². The Bertz CT molecular complexity index is 1090. The van der Waals surface area contributed by atoms with Gasteiger partial charge in [-0.3, -0.25) is 4.57 Å². The van der Waals surface area contributed by atoms with Gasteiger partial charge in [-0.1, -0.05) is 47.3 Å². The minimum atomic E-state index is 0.205. The summed E-state index contributed by atoms with van der Waals surface area (Å²) in [6.07, 6.45) is 0.652. The molecule has 154 valence electrons. The first-order valence-corrected chi connectivity index (χ1v) is 10.7. The second kappa shape index (κ2) is 9.13. The highest BCUT2D eigenvalue weighted by Crippen LogP contribution is 2.30. The number of benzene rings is 2. The first-order chi connectivity index (χ1) is 14.6. The highest BCUT2D eigenvalue weighted by atomic mass is 32.2. The molecule has 0 bridgehead atoms. The summed E-state index contributed by atoms with van der Waals surface area (Å²) in [5, 5.41) is 13.7. The molecule has 0 aliphatic carbocycles. The summed E-state index contributed by atoms with van der Waals surface area (Å²) in [6, 6.07) is 18.1. The summed E-state index contributed by atoms with van der Waals surface area (Å²) in [6.45, 7) is 4.23. The van der Waals surface area contributed by atoms with Crippen molar-refractivity contribution >= 4 is 11.8 Å². The Balaban J connectivity index is 1.48. The minimum Gasteiger partial charge on any atom is -0.497 e. The number of ether oxygens (including phenoxy) is 1. The molecular formula is C22H23N5O2S. The Morgan fingerprint density at radius 1 is 1.03 bits per heavy atom. The van der Waals surface area contributed by atoms with Gasteiger partial charge in [-0.05, 0) is 43.7 Å². The first kappa shape index (κ1) is 20.2. The van der Waals surface area contributed by atoms with Crippen LogP contribution in [0.2, 0.25) is 0 Å². The van der Waals surface area contributed by atoms with E-state index < -0.39 is 0 Å². The Hall–Kier alpha value is -3.13. The molecule has 0 atom stereocenters. The highest BCUT2D eigenvalue weighted by molar-refractivity contribution is 7.98. The van der Waals surface area contributed by atoms with Crippen molar-refractivity contribution in [2.45, 2.75) is 37.2 Å². The molecule has 7 nitrogen and oxygen atoms in total. The molecule has 0 amide bonds. The molecule has 4 rings (SSSR count). The average molecular weight is 422 g/mol. The maximum Gasteiger partial charge on any atom is 0.237 e. The number of thioether (sulfide) groups is 1. The van der Waals surface area contributed by atoms with Gasteiger partial charge >= 0.3 is 0 Å². The predicted molar refractivity (Wildman–Crippen MR) is 116 cm³/mol. The zero-order chi connectivity index (χ0) is 20.9. The summed E-state index contributed by atoms with van der Waals surface area (Å²) < 4.78 is 12.8. The molecule has 30 heavy (non-hydrogen) atoms. The van der Waals surface area contributed by atoms with Gasteiger partial charge in [0.25, 0.3) is 0 Å². The lowest BCUT2D eigenvalue weighted by Gasteiger charge is -2.13. The van der Waals surface area contributed by atoms with Crippen molar-refractivity contribution < 1.29 is 9.26 Å². The van der Waals surface area contributed by atoms with Gasteiger partial charge in [-0.25, -0.2) is 0 Å². The fourth-order valence-electron chi connectivity index (χ4n) is 3.10. The number of hydrogen-bond acceptors (Lipinski definition) is 7. The molecule has 2 aromatic carbocycles. The van der Waals surface area contributed by atoms with E-state index in [2.05, 4.69) is 50.9 Å². The van der Waals surface area contributed by atoms with Crippen LogP contribution >= 0.6 is 11.8 Å². The molecule has 0 saturated carbocycles. The summed E-state index contributed by atoms with van der Waals surface area (Å²) in [5.74, 6) is 3.43. The average Bonchev–Trinajstić information content (AvgIpc) is 3.40. The lowest BCUT2D eigenvalue weighted by molar-refractivity contribution is 0.385. The third-order valence-electron chi connectivity index (χ3n) is 4.57. The van der Waals surface area contributed by atoms with Crippen molar-refractivity contribution in [3.63, 3.8) is 0 Å². The van der Waals surface area contributed by atoms with Gasteiger partial charge < -0.3 is 9.26 Å². The molecule has 0 N–H and O–H groups in total. The second-order valence-electron chi connectivity index (χ2n) is 7.05. The second-order valence-corrected chi connectivity index (χ2v) is 8.00. The Labute approximate surface area is 179 Å². The fraction of sp³-hybridized carbons (Fsp3) is 0.273. The quantitative estimate of drug-likeness (QED) is 0.378. The van der Waals surface area contributed by atoms with Crippen LogP contribution in [0.1, 0.15) is 37.2 Å². The standard InChI is InChI=1S/C22H23N5O2S/c1-15(2)27-21(17-9-11-18(28-3)12-10-17)24-25-22(27)30-14-20-23-19(26-29-20)13-16-7-5-4-6-8-16/h4-12,15H,13-14H2,1-3H3. The van der Waals surface area contributed by atoms with E-state index in [0.717, 1.165) is 27.9 Å². The Morgan fingerprint density at radius 2 is 1.80 bits per heavy atom. The van der Waals surface area contributed by atoms with Crippen LogP contribution in [0, 0.1) is 0 Å². The SMILES string of the molecule is COc1ccc(-c2nnc(SCc3nc(Cc4ccccc4)no3)n2C(C)C)cc1. The Morgan fingerprint density at radius 3 is 2.50 bits per heavy atom. The van der Waals surface area contributed by atoms with Crippen molar-refractivity contribution in [3.05, 3.63) is 71.9 Å². The topological polar surface area (TPSA) is 78.9 Å². The zero-order valence-electron chi connectivity index (χ0n) is 17.1. The third-order valence-corrected chi connectivity index (χ3v) is 5.50. The summed E-state index contributed by atoms with van der Waals surface area (Å²) in [4.78, 5) is 4.51. The number of hydrogen-bond donors (Lipinski definition) is 0. The summed E-state index contributed by atoms with van der Waals surface area (Å²) >= 11 is 1.54. The van der Waals surface area contributed by atoms with Crippen LogP contribution in [-0.4, -0.2) is 32.0 Å². The zero-order valence-corrected chi connectivity index (χ0v) is 18.0. The normalized spacial score (nSPS) is 11.2. The van der Waals surface area contributed by atoms with Crippen LogP contribution < -0.4 is 4.74 Å². The maximum atomic E-state index is 5.42. The van der Waals surface area contributed by atoms with E-state index in [4.69, 9.17) is 9.26 Å². The van der Waals surface area contributed by atoms with Crippen LogP contribution in [0.4, 0.5) is 0 Å². The molecule has 0 spiro atoms. The van der Waals surface area contributed by atoms with Gasteiger partial charge in [0, 0.05) is 18.0 Å². The van der Waals surface area contributed by atoms with E-state index in [1.54, 1.807) is 7.11 Å². The molecule has 4 aromatic rings. The number of aromatic nitrogens is 5. The molecule has 8 heteroatoms. The largest absolute Gasteiger partial charge is 0.497 e. The number of rotatable bonds is 8. The van der Waals surface area contributed by atoms with Gasteiger partial charge in [0.2, 0.25) is 5.89 Å². The highest BCUT2D eigenvalue weighted by Gasteiger charge is 2.18. The van der Waals surface area contributed by atoms with Crippen molar-refractivity contribution in [1.82, 2.24) is 24.9 Å².